The van der Waals surface area contributed by atoms with Gasteiger partial charge in [-0.1, -0.05) is 6.07 Å². The number of aromatic nitrogens is 3. The molecule has 1 aliphatic heterocycles. The molecule has 1 atom stereocenters. The Morgan fingerprint density at radius 1 is 1.29 bits per heavy atom. The molecule has 112 valence electrons. The van der Waals surface area contributed by atoms with Crippen molar-refractivity contribution in [3.05, 3.63) is 47.0 Å². The molecular formula is C17H24N4. The number of aromatic amines is 1. The van der Waals surface area contributed by atoms with Crippen molar-refractivity contribution in [3.63, 3.8) is 0 Å². The van der Waals surface area contributed by atoms with E-state index in [4.69, 9.17) is 0 Å². The number of nitrogens with one attached hydrogen (secondary N) is 1. The first kappa shape index (κ1) is 14.3. The van der Waals surface area contributed by atoms with E-state index < -0.39 is 0 Å². The van der Waals surface area contributed by atoms with Crippen LogP contribution in [-0.4, -0.2) is 33.2 Å². The average Bonchev–Trinajstić information content (AvgIpc) is 2.87. The van der Waals surface area contributed by atoms with Crippen LogP contribution in [-0.2, 0) is 13.0 Å². The maximum Gasteiger partial charge on any atom is 0.0519 e. The molecule has 3 heterocycles. The second-order valence-electron chi connectivity index (χ2n) is 6.29. The number of piperidine rings is 1. The zero-order chi connectivity index (χ0) is 14.7. The molecule has 2 aromatic heterocycles. The van der Waals surface area contributed by atoms with Crippen LogP contribution in [0.3, 0.4) is 0 Å². The molecule has 4 nitrogen and oxygen atoms in total. The second-order valence-corrected chi connectivity index (χ2v) is 6.29. The van der Waals surface area contributed by atoms with Gasteiger partial charge in [-0.15, -0.1) is 0 Å². The fraction of sp³-hybridized carbons (Fsp3) is 0.529. The molecule has 2 aromatic rings. The van der Waals surface area contributed by atoms with Crippen LogP contribution >= 0.6 is 0 Å². The van der Waals surface area contributed by atoms with Crippen LogP contribution in [0.15, 0.2) is 24.5 Å². The minimum Gasteiger partial charge on any atom is -0.299 e. The smallest absolute Gasteiger partial charge is 0.0519 e. The standard InChI is InChI=1S/C17H24N4/c1-13-9-19-20-17(13)8-15-4-3-7-21(11-15)12-16-6-5-14(2)18-10-16/h5-6,9-10,15H,3-4,7-8,11-12H2,1-2H3,(H,19,20). The summed E-state index contributed by atoms with van der Waals surface area (Å²) >= 11 is 0. The molecule has 0 bridgehead atoms. The van der Waals surface area contributed by atoms with Gasteiger partial charge in [-0.25, -0.2) is 0 Å². The summed E-state index contributed by atoms with van der Waals surface area (Å²) < 4.78 is 0. The van der Waals surface area contributed by atoms with Crippen LogP contribution in [0.5, 0.6) is 0 Å². The molecule has 0 saturated carbocycles. The highest BCUT2D eigenvalue weighted by molar-refractivity contribution is 5.15. The largest absolute Gasteiger partial charge is 0.299 e. The molecule has 0 amide bonds. The molecule has 1 aliphatic rings. The van der Waals surface area contributed by atoms with Gasteiger partial charge in [0.05, 0.1) is 6.20 Å². The summed E-state index contributed by atoms with van der Waals surface area (Å²) in [7, 11) is 0. The maximum absolute atomic E-state index is 4.40. The van der Waals surface area contributed by atoms with Crippen molar-refractivity contribution in [2.75, 3.05) is 13.1 Å². The molecule has 4 heteroatoms. The van der Waals surface area contributed by atoms with Crippen molar-refractivity contribution in [1.29, 1.82) is 0 Å². The van der Waals surface area contributed by atoms with Gasteiger partial charge in [0.15, 0.2) is 0 Å². The van der Waals surface area contributed by atoms with Gasteiger partial charge in [-0.2, -0.15) is 5.10 Å². The molecule has 1 fully saturated rings. The zero-order valence-electron chi connectivity index (χ0n) is 13.0. The molecular weight excluding hydrogens is 260 g/mol. The summed E-state index contributed by atoms with van der Waals surface area (Å²) in [6.45, 7) is 7.56. The zero-order valence-corrected chi connectivity index (χ0v) is 13.0. The van der Waals surface area contributed by atoms with Crippen molar-refractivity contribution < 1.29 is 0 Å². The lowest BCUT2D eigenvalue weighted by atomic mass is 9.92. The lowest BCUT2D eigenvalue weighted by Gasteiger charge is -2.32. The Balaban J connectivity index is 1.58. The number of likely N-dealkylation sites (tertiary alicyclic amines) is 1. The van der Waals surface area contributed by atoms with Crippen LogP contribution in [0.2, 0.25) is 0 Å². The first-order valence-electron chi connectivity index (χ1n) is 7.83. The highest BCUT2D eigenvalue weighted by atomic mass is 15.1. The molecule has 21 heavy (non-hydrogen) atoms. The van der Waals surface area contributed by atoms with Crippen molar-refractivity contribution in [3.8, 4) is 0 Å². The number of rotatable bonds is 4. The summed E-state index contributed by atoms with van der Waals surface area (Å²) in [6.07, 6.45) is 7.67. The van der Waals surface area contributed by atoms with Gasteiger partial charge in [0.2, 0.25) is 0 Å². The van der Waals surface area contributed by atoms with E-state index in [1.165, 1.54) is 42.8 Å². The van der Waals surface area contributed by atoms with Gasteiger partial charge in [-0.05, 0) is 62.8 Å². The van der Waals surface area contributed by atoms with E-state index in [0.29, 0.717) is 0 Å². The number of aryl methyl sites for hydroxylation is 2. The Morgan fingerprint density at radius 3 is 2.90 bits per heavy atom. The Kier molecular flexibility index (Phi) is 4.34. The first-order chi connectivity index (χ1) is 10.2. The van der Waals surface area contributed by atoms with Crippen LogP contribution in [0, 0.1) is 19.8 Å². The summed E-state index contributed by atoms with van der Waals surface area (Å²) in [5.74, 6) is 0.733. The fourth-order valence-electron chi connectivity index (χ4n) is 3.18. The molecule has 1 N–H and O–H groups in total. The van der Waals surface area contributed by atoms with Crippen molar-refractivity contribution in [1.82, 2.24) is 20.1 Å². The summed E-state index contributed by atoms with van der Waals surface area (Å²) in [4.78, 5) is 6.96. The predicted molar refractivity (Wildman–Crippen MR) is 84.0 cm³/mol. The van der Waals surface area contributed by atoms with Crippen LogP contribution < -0.4 is 0 Å². The third-order valence-electron chi connectivity index (χ3n) is 4.41. The Bertz CT molecular complexity index is 573. The third-order valence-corrected chi connectivity index (χ3v) is 4.41. The second kappa shape index (κ2) is 6.39. The van der Waals surface area contributed by atoms with E-state index in [1.807, 2.05) is 19.3 Å². The predicted octanol–water partition coefficient (Wildman–Crippen LogP) is 2.88. The first-order valence-corrected chi connectivity index (χ1v) is 7.83. The molecule has 1 saturated heterocycles. The van der Waals surface area contributed by atoms with E-state index in [-0.39, 0.29) is 0 Å². The third kappa shape index (κ3) is 3.70. The topological polar surface area (TPSA) is 44.8 Å². The average molecular weight is 284 g/mol. The van der Waals surface area contributed by atoms with E-state index >= 15 is 0 Å². The molecule has 0 aliphatic carbocycles. The van der Waals surface area contributed by atoms with Gasteiger partial charge in [0.25, 0.3) is 0 Å². The highest BCUT2D eigenvalue weighted by Gasteiger charge is 2.21. The molecule has 3 rings (SSSR count). The molecule has 0 aromatic carbocycles. The van der Waals surface area contributed by atoms with Crippen molar-refractivity contribution >= 4 is 0 Å². The van der Waals surface area contributed by atoms with Crippen LogP contribution in [0.25, 0.3) is 0 Å². The summed E-state index contributed by atoms with van der Waals surface area (Å²) in [5.41, 5.74) is 5.00. The van der Waals surface area contributed by atoms with Gasteiger partial charge >= 0.3 is 0 Å². The van der Waals surface area contributed by atoms with Crippen LogP contribution in [0.1, 0.15) is 35.4 Å². The van der Waals surface area contributed by atoms with Gasteiger partial charge < -0.3 is 0 Å². The highest BCUT2D eigenvalue weighted by Crippen LogP contribution is 2.22. The molecule has 0 spiro atoms. The SMILES string of the molecule is Cc1ccc(CN2CCCC(Cc3[nH]ncc3C)C2)cn1. The normalized spacial score (nSPS) is 19.8. The number of hydrogen-bond acceptors (Lipinski definition) is 3. The van der Waals surface area contributed by atoms with E-state index in [2.05, 4.69) is 39.1 Å². The van der Waals surface area contributed by atoms with Gasteiger partial charge in [0.1, 0.15) is 0 Å². The lowest BCUT2D eigenvalue weighted by molar-refractivity contribution is 0.166. The number of nitrogens with zero attached hydrogens (tertiary/aromatic N) is 3. The van der Waals surface area contributed by atoms with E-state index in [0.717, 1.165) is 24.6 Å². The monoisotopic (exact) mass is 284 g/mol. The van der Waals surface area contributed by atoms with Crippen molar-refractivity contribution in [2.45, 2.75) is 39.7 Å². The Morgan fingerprint density at radius 2 is 2.19 bits per heavy atom. The van der Waals surface area contributed by atoms with Gasteiger partial charge in [-0.3, -0.25) is 15.0 Å². The lowest BCUT2D eigenvalue weighted by Crippen LogP contribution is -2.35. The summed E-state index contributed by atoms with van der Waals surface area (Å²) in [6, 6.07) is 4.30. The van der Waals surface area contributed by atoms with Crippen molar-refractivity contribution in [2.24, 2.45) is 5.92 Å². The molecule has 1 unspecified atom stereocenters. The van der Waals surface area contributed by atoms with E-state index in [9.17, 15) is 0 Å². The minimum atomic E-state index is 0.733. The number of H-pyrrole nitrogens is 1. The molecule has 0 radical (unpaired) electrons. The van der Waals surface area contributed by atoms with Crippen LogP contribution in [0.4, 0.5) is 0 Å². The van der Waals surface area contributed by atoms with E-state index in [1.54, 1.807) is 0 Å². The van der Waals surface area contributed by atoms with Gasteiger partial charge in [0, 0.05) is 30.7 Å². The summed E-state index contributed by atoms with van der Waals surface area (Å²) in [5, 5.41) is 7.28. The Hall–Kier alpha value is -1.68. The quantitative estimate of drug-likeness (QED) is 0.939. The Labute approximate surface area is 126 Å². The fourth-order valence-corrected chi connectivity index (χ4v) is 3.18. The number of hydrogen-bond donors (Lipinski definition) is 1. The number of pyridine rings is 1. The maximum atomic E-state index is 4.40. The minimum absolute atomic E-state index is 0.733.